The van der Waals surface area contributed by atoms with Crippen LogP contribution in [-0.4, -0.2) is 41.8 Å². The summed E-state index contributed by atoms with van der Waals surface area (Å²) in [4.78, 5) is 21.9. The number of aliphatic carboxylic acids is 1. The van der Waals surface area contributed by atoms with E-state index in [1.54, 1.807) is 0 Å². The molecule has 0 spiro atoms. The maximum Gasteiger partial charge on any atom is 0.332 e. The van der Waals surface area contributed by atoms with Gasteiger partial charge in [-0.25, -0.2) is 9.18 Å². The first-order valence-corrected chi connectivity index (χ1v) is 5.48. The number of halogens is 1. The first-order valence-electron chi connectivity index (χ1n) is 5.48. The number of aliphatic hydroxyl groups is 1. The Balaban J connectivity index is 2.57. The van der Waals surface area contributed by atoms with Crippen molar-refractivity contribution in [3.8, 4) is 5.75 Å². The minimum Gasteiger partial charge on any atom is -0.497 e. The summed E-state index contributed by atoms with van der Waals surface area (Å²) >= 11 is 0. The van der Waals surface area contributed by atoms with Crippen LogP contribution in [0.5, 0.6) is 5.75 Å². The molecule has 104 valence electrons. The van der Waals surface area contributed by atoms with Crippen LogP contribution in [0.25, 0.3) is 0 Å². The molecule has 3 N–H and O–H groups in total. The van der Waals surface area contributed by atoms with E-state index in [1.165, 1.54) is 19.2 Å². The van der Waals surface area contributed by atoms with Crippen molar-refractivity contribution in [3.63, 3.8) is 0 Å². The highest BCUT2D eigenvalue weighted by Crippen LogP contribution is 2.16. The van der Waals surface area contributed by atoms with Crippen LogP contribution in [0.1, 0.15) is 16.8 Å². The van der Waals surface area contributed by atoms with Gasteiger partial charge in [0.15, 0.2) is 6.10 Å². The van der Waals surface area contributed by atoms with Gasteiger partial charge in [0.2, 0.25) is 0 Å². The van der Waals surface area contributed by atoms with Crippen molar-refractivity contribution in [1.82, 2.24) is 5.32 Å². The Hall–Kier alpha value is -2.15. The number of carbonyl (C=O) groups excluding carboxylic acids is 1. The smallest absolute Gasteiger partial charge is 0.332 e. The molecule has 0 saturated carbocycles. The Kier molecular flexibility index (Phi) is 5.25. The van der Waals surface area contributed by atoms with Crippen molar-refractivity contribution in [2.45, 2.75) is 12.5 Å². The summed E-state index contributed by atoms with van der Waals surface area (Å²) in [6, 6.07) is 3.77. The number of benzene rings is 1. The molecule has 0 aliphatic carbocycles. The first kappa shape index (κ1) is 14.9. The molecule has 6 nitrogen and oxygen atoms in total. The number of carboxylic acids is 1. The molecule has 0 aliphatic heterocycles. The first-order chi connectivity index (χ1) is 8.95. The molecule has 0 radical (unpaired) electrons. The highest BCUT2D eigenvalue weighted by Gasteiger charge is 2.15. The number of nitrogens with one attached hydrogen (secondary N) is 1. The van der Waals surface area contributed by atoms with E-state index in [-0.39, 0.29) is 24.3 Å². The van der Waals surface area contributed by atoms with E-state index in [4.69, 9.17) is 14.9 Å². The largest absolute Gasteiger partial charge is 0.497 e. The van der Waals surface area contributed by atoms with Crippen molar-refractivity contribution in [2.24, 2.45) is 0 Å². The molecule has 0 unspecified atom stereocenters. The predicted octanol–water partition coefficient (Wildman–Crippen LogP) is 0.400. The second-order valence-electron chi connectivity index (χ2n) is 3.74. The van der Waals surface area contributed by atoms with E-state index >= 15 is 0 Å². The average molecular weight is 271 g/mol. The van der Waals surface area contributed by atoms with Crippen LogP contribution in [-0.2, 0) is 4.79 Å². The monoisotopic (exact) mass is 271 g/mol. The molecule has 0 saturated heterocycles. The minimum absolute atomic E-state index is 0.0717. The number of rotatable bonds is 6. The van der Waals surface area contributed by atoms with Gasteiger partial charge in [0.1, 0.15) is 11.6 Å². The number of hydrogen-bond acceptors (Lipinski definition) is 4. The lowest BCUT2D eigenvalue weighted by molar-refractivity contribution is -0.146. The summed E-state index contributed by atoms with van der Waals surface area (Å²) in [6.07, 6.45) is -1.71. The summed E-state index contributed by atoms with van der Waals surface area (Å²) in [7, 11) is 1.38. The molecule has 0 fully saturated rings. The third kappa shape index (κ3) is 4.22. The zero-order chi connectivity index (χ0) is 14.4. The van der Waals surface area contributed by atoms with E-state index in [9.17, 15) is 14.0 Å². The van der Waals surface area contributed by atoms with Gasteiger partial charge in [0, 0.05) is 19.0 Å². The van der Waals surface area contributed by atoms with Gasteiger partial charge in [-0.1, -0.05) is 0 Å². The topological polar surface area (TPSA) is 95.9 Å². The number of carbonyl (C=O) groups is 2. The molecular formula is C12H14FNO5. The van der Waals surface area contributed by atoms with Gasteiger partial charge in [-0.2, -0.15) is 0 Å². The van der Waals surface area contributed by atoms with Crippen LogP contribution < -0.4 is 10.1 Å². The van der Waals surface area contributed by atoms with Crippen LogP contribution in [0.3, 0.4) is 0 Å². The van der Waals surface area contributed by atoms with Crippen LogP contribution in [0.15, 0.2) is 18.2 Å². The molecule has 0 heterocycles. The fourth-order valence-electron chi connectivity index (χ4n) is 1.35. The third-order valence-corrected chi connectivity index (χ3v) is 2.41. The lowest BCUT2D eigenvalue weighted by atomic mass is 10.2. The van der Waals surface area contributed by atoms with Gasteiger partial charge in [-0.15, -0.1) is 0 Å². The molecular weight excluding hydrogens is 257 g/mol. The van der Waals surface area contributed by atoms with Crippen LogP contribution in [0.2, 0.25) is 0 Å². The number of hydrogen-bond donors (Lipinski definition) is 3. The molecule has 1 rings (SSSR count). The Labute approximate surface area is 108 Å². The van der Waals surface area contributed by atoms with Gasteiger partial charge in [0.05, 0.1) is 12.7 Å². The lowest BCUT2D eigenvalue weighted by Gasteiger charge is -2.08. The minimum atomic E-state index is -1.55. The van der Waals surface area contributed by atoms with Crippen molar-refractivity contribution < 1.29 is 28.9 Å². The van der Waals surface area contributed by atoms with E-state index in [2.05, 4.69) is 5.32 Å². The Morgan fingerprint density at radius 1 is 1.47 bits per heavy atom. The van der Waals surface area contributed by atoms with Gasteiger partial charge < -0.3 is 20.3 Å². The SMILES string of the molecule is COc1ccc(C(=O)NCC[C@H](O)C(=O)O)c(F)c1. The normalized spacial score (nSPS) is 11.7. The van der Waals surface area contributed by atoms with E-state index in [1.807, 2.05) is 0 Å². The standard InChI is InChI=1S/C12H14FNO5/c1-19-7-2-3-8(9(13)6-7)11(16)14-5-4-10(15)12(17)18/h2-3,6,10,15H,4-5H2,1H3,(H,14,16)(H,17,18)/t10-/m0/s1. The van der Waals surface area contributed by atoms with Gasteiger partial charge in [0.25, 0.3) is 5.91 Å². The van der Waals surface area contributed by atoms with Crippen LogP contribution in [0, 0.1) is 5.82 Å². The summed E-state index contributed by atoms with van der Waals surface area (Å²) in [5, 5.41) is 19.7. The van der Waals surface area contributed by atoms with Crippen molar-refractivity contribution in [2.75, 3.05) is 13.7 Å². The molecule has 0 aromatic heterocycles. The lowest BCUT2D eigenvalue weighted by Crippen LogP contribution is -2.30. The summed E-state index contributed by atoms with van der Waals surface area (Å²) < 4.78 is 18.3. The fraction of sp³-hybridized carbons (Fsp3) is 0.333. The summed E-state index contributed by atoms with van der Waals surface area (Å²) in [5.74, 6) is -2.51. The molecule has 1 amide bonds. The quantitative estimate of drug-likeness (QED) is 0.696. The molecule has 1 aromatic carbocycles. The van der Waals surface area contributed by atoms with E-state index in [0.717, 1.165) is 6.07 Å². The number of carboxylic acid groups (broad SMARTS) is 1. The van der Waals surface area contributed by atoms with Crippen molar-refractivity contribution in [1.29, 1.82) is 0 Å². The second kappa shape index (κ2) is 6.69. The Bertz CT molecular complexity index is 477. The molecule has 0 aliphatic rings. The molecule has 1 atom stereocenters. The summed E-state index contributed by atoms with van der Waals surface area (Å²) in [6.45, 7) is -0.0717. The maximum atomic E-state index is 13.5. The Morgan fingerprint density at radius 2 is 2.16 bits per heavy atom. The molecule has 7 heteroatoms. The Morgan fingerprint density at radius 3 is 2.68 bits per heavy atom. The van der Waals surface area contributed by atoms with Gasteiger partial charge in [-0.3, -0.25) is 4.79 Å². The fourth-order valence-corrected chi connectivity index (χ4v) is 1.35. The highest BCUT2D eigenvalue weighted by molar-refractivity contribution is 5.94. The van der Waals surface area contributed by atoms with Gasteiger partial charge in [-0.05, 0) is 12.1 Å². The van der Waals surface area contributed by atoms with Crippen molar-refractivity contribution >= 4 is 11.9 Å². The van der Waals surface area contributed by atoms with Gasteiger partial charge >= 0.3 is 5.97 Å². The summed E-state index contributed by atoms with van der Waals surface area (Å²) in [5.41, 5.74) is -0.175. The maximum absolute atomic E-state index is 13.5. The zero-order valence-electron chi connectivity index (χ0n) is 10.2. The highest BCUT2D eigenvalue weighted by atomic mass is 19.1. The van der Waals surface area contributed by atoms with E-state index in [0.29, 0.717) is 0 Å². The zero-order valence-corrected chi connectivity index (χ0v) is 10.2. The number of ether oxygens (including phenoxy) is 1. The van der Waals surface area contributed by atoms with Crippen LogP contribution in [0.4, 0.5) is 4.39 Å². The molecule has 19 heavy (non-hydrogen) atoms. The van der Waals surface area contributed by atoms with Crippen molar-refractivity contribution in [3.05, 3.63) is 29.6 Å². The molecule has 1 aromatic rings. The average Bonchev–Trinajstić information content (AvgIpc) is 2.37. The number of methoxy groups -OCH3 is 1. The third-order valence-electron chi connectivity index (χ3n) is 2.41. The van der Waals surface area contributed by atoms with Crippen LogP contribution >= 0.6 is 0 Å². The molecule has 0 bridgehead atoms. The van der Waals surface area contributed by atoms with E-state index < -0.39 is 23.8 Å². The number of aliphatic hydroxyl groups excluding tert-OH is 1. The number of amides is 1. The second-order valence-corrected chi connectivity index (χ2v) is 3.74. The predicted molar refractivity (Wildman–Crippen MR) is 63.5 cm³/mol.